The number of likely N-dealkylation sites (tertiary alicyclic amines) is 1. The Morgan fingerprint density at radius 1 is 1.00 bits per heavy atom. The summed E-state index contributed by atoms with van der Waals surface area (Å²) in [6.07, 6.45) is 1.70. The number of carbonyl (C=O) groups excluding carboxylic acids is 2. The van der Waals surface area contributed by atoms with E-state index < -0.39 is 10.0 Å². The van der Waals surface area contributed by atoms with Gasteiger partial charge in [0.25, 0.3) is 0 Å². The maximum absolute atomic E-state index is 13.5. The van der Waals surface area contributed by atoms with E-state index in [0.29, 0.717) is 31.7 Å². The summed E-state index contributed by atoms with van der Waals surface area (Å²) in [6, 6.07) is 12.5. The molecule has 7 nitrogen and oxygen atoms in total. The molecule has 182 valence electrons. The Bertz CT molecular complexity index is 1150. The van der Waals surface area contributed by atoms with E-state index in [4.69, 9.17) is 0 Å². The summed E-state index contributed by atoms with van der Waals surface area (Å²) in [5.74, 6) is -0.450. The van der Waals surface area contributed by atoms with Gasteiger partial charge in [0.05, 0.1) is 10.8 Å². The number of amides is 1. The minimum atomic E-state index is -3.68. The molecule has 0 radical (unpaired) electrons. The smallest absolute Gasteiger partial charge is 0.243 e. The third-order valence-electron chi connectivity index (χ3n) is 6.60. The highest BCUT2D eigenvalue weighted by atomic mass is 32.2. The maximum atomic E-state index is 13.5. The highest BCUT2D eigenvalue weighted by molar-refractivity contribution is 7.89. The standard InChI is InChI=1S/C25H30FN3O4S/c1-19(30)21-7-9-24(10-8-21)34(32,33)29-14-12-28(13-15-29)25(31)22-5-3-11-27(18-22)17-20-4-2-6-23(26)16-20/h2,4,6-10,16,22H,3,5,11-15,17-18H2,1H3. The first kappa shape index (κ1) is 24.5. The van der Waals surface area contributed by atoms with Crippen LogP contribution >= 0.6 is 0 Å². The lowest BCUT2D eigenvalue weighted by Gasteiger charge is -2.38. The number of nitrogens with zero attached hydrogens (tertiary/aromatic N) is 3. The zero-order valence-electron chi connectivity index (χ0n) is 19.3. The molecule has 1 unspecified atom stereocenters. The van der Waals surface area contributed by atoms with Crippen molar-refractivity contribution in [3.05, 3.63) is 65.5 Å². The molecular weight excluding hydrogens is 457 g/mol. The summed E-state index contributed by atoms with van der Waals surface area (Å²) < 4.78 is 40.9. The van der Waals surface area contributed by atoms with Crippen LogP contribution in [0.4, 0.5) is 4.39 Å². The average molecular weight is 488 g/mol. The van der Waals surface area contributed by atoms with Crippen molar-refractivity contribution in [1.29, 1.82) is 0 Å². The highest BCUT2D eigenvalue weighted by Gasteiger charge is 2.34. The van der Waals surface area contributed by atoms with E-state index in [0.717, 1.165) is 24.9 Å². The second kappa shape index (κ2) is 10.3. The number of rotatable bonds is 6. The van der Waals surface area contributed by atoms with Crippen LogP contribution in [-0.4, -0.2) is 73.5 Å². The number of hydrogen-bond acceptors (Lipinski definition) is 5. The van der Waals surface area contributed by atoms with E-state index >= 15 is 0 Å². The number of piperazine rings is 1. The molecule has 2 aromatic carbocycles. The summed E-state index contributed by atoms with van der Waals surface area (Å²) in [5, 5.41) is 0. The number of Topliss-reactive ketones (excluding diaryl/α,β-unsaturated/α-hetero) is 1. The van der Waals surface area contributed by atoms with Gasteiger partial charge in [0, 0.05) is 44.8 Å². The number of benzene rings is 2. The molecule has 0 bridgehead atoms. The Kier molecular flexibility index (Phi) is 7.45. The zero-order valence-corrected chi connectivity index (χ0v) is 20.1. The van der Waals surface area contributed by atoms with E-state index in [1.807, 2.05) is 6.07 Å². The lowest BCUT2D eigenvalue weighted by molar-refractivity contribution is -0.138. The van der Waals surface area contributed by atoms with E-state index in [9.17, 15) is 22.4 Å². The Morgan fingerprint density at radius 2 is 1.71 bits per heavy atom. The van der Waals surface area contributed by atoms with Crippen LogP contribution in [0.15, 0.2) is 53.4 Å². The third-order valence-corrected chi connectivity index (χ3v) is 8.51. The van der Waals surface area contributed by atoms with Gasteiger partial charge in [0.2, 0.25) is 15.9 Å². The van der Waals surface area contributed by atoms with Crippen molar-refractivity contribution in [3.63, 3.8) is 0 Å². The second-order valence-electron chi connectivity index (χ2n) is 9.01. The third kappa shape index (κ3) is 5.54. The van der Waals surface area contributed by atoms with Crippen LogP contribution in [0.1, 0.15) is 35.7 Å². The van der Waals surface area contributed by atoms with E-state index in [1.165, 1.54) is 47.6 Å². The molecule has 0 spiro atoms. The predicted molar refractivity (Wildman–Crippen MR) is 126 cm³/mol. The molecule has 2 fully saturated rings. The largest absolute Gasteiger partial charge is 0.340 e. The van der Waals surface area contributed by atoms with Crippen molar-refractivity contribution in [1.82, 2.24) is 14.1 Å². The second-order valence-corrected chi connectivity index (χ2v) is 11.0. The molecule has 2 saturated heterocycles. The molecule has 2 aliphatic rings. The molecule has 4 rings (SSSR count). The molecule has 0 aliphatic carbocycles. The van der Waals surface area contributed by atoms with Crippen LogP contribution in [0.2, 0.25) is 0 Å². The molecule has 1 atom stereocenters. The normalized spacial score (nSPS) is 20.3. The molecule has 0 saturated carbocycles. The Hall–Kier alpha value is -2.62. The summed E-state index contributed by atoms with van der Waals surface area (Å²) >= 11 is 0. The van der Waals surface area contributed by atoms with Crippen molar-refractivity contribution in [3.8, 4) is 0 Å². The molecule has 0 aromatic heterocycles. The molecular formula is C25H30FN3O4S. The molecule has 1 amide bonds. The van der Waals surface area contributed by atoms with Crippen molar-refractivity contribution in [2.24, 2.45) is 5.92 Å². The number of carbonyl (C=O) groups is 2. The minimum absolute atomic E-state index is 0.0619. The molecule has 2 aliphatic heterocycles. The fourth-order valence-electron chi connectivity index (χ4n) is 4.71. The number of ketones is 1. The average Bonchev–Trinajstić information content (AvgIpc) is 2.84. The Balaban J connectivity index is 1.33. The summed E-state index contributed by atoms with van der Waals surface area (Å²) in [5.41, 5.74) is 1.36. The summed E-state index contributed by atoms with van der Waals surface area (Å²) in [7, 11) is -3.68. The molecule has 9 heteroatoms. The van der Waals surface area contributed by atoms with Crippen molar-refractivity contribution < 1.29 is 22.4 Å². The fourth-order valence-corrected chi connectivity index (χ4v) is 6.13. The lowest BCUT2D eigenvalue weighted by Crippen LogP contribution is -2.53. The van der Waals surface area contributed by atoms with Gasteiger partial charge in [0.15, 0.2) is 5.78 Å². The van der Waals surface area contributed by atoms with Crippen molar-refractivity contribution in [2.45, 2.75) is 31.2 Å². The molecule has 34 heavy (non-hydrogen) atoms. The van der Waals surface area contributed by atoms with Gasteiger partial charge < -0.3 is 4.90 Å². The number of piperidine rings is 1. The van der Waals surface area contributed by atoms with E-state index in [-0.39, 0.29) is 41.4 Å². The predicted octanol–water partition coefficient (Wildman–Crippen LogP) is 2.77. The lowest BCUT2D eigenvalue weighted by atomic mass is 9.95. The van der Waals surface area contributed by atoms with Gasteiger partial charge in [-0.05, 0) is 56.1 Å². The first-order valence-electron chi connectivity index (χ1n) is 11.6. The fraction of sp³-hybridized carbons (Fsp3) is 0.440. The number of hydrogen-bond donors (Lipinski definition) is 0. The Labute approximate surface area is 200 Å². The van der Waals surface area contributed by atoms with Crippen LogP contribution in [0, 0.1) is 11.7 Å². The van der Waals surface area contributed by atoms with Crippen molar-refractivity contribution >= 4 is 21.7 Å². The van der Waals surface area contributed by atoms with Crippen LogP contribution < -0.4 is 0 Å². The topological polar surface area (TPSA) is 78.0 Å². The van der Waals surface area contributed by atoms with E-state index in [1.54, 1.807) is 11.0 Å². The minimum Gasteiger partial charge on any atom is -0.340 e. The van der Waals surface area contributed by atoms with E-state index in [2.05, 4.69) is 4.90 Å². The Morgan fingerprint density at radius 3 is 2.35 bits per heavy atom. The van der Waals surface area contributed by atoms with Gasteiger partial charge in [-0.25, -0.2) is 12.8 Å². The van der Waals surface area contributed by atoms with Crippen LogP contribution in [0.3, 0.4) is 0 Å². The molecule has 2 aromatic rings. The first-order chi connectivity index (χ1) is 16.2. The van der Waals surface area contributed by atoms with Gasteiger partial charge >= 0.3 is 0 Å². The highest BCUT2D eigenvalue weighted by Crippen LogP contribution is 2.23. The summed E-state index contributed by atoms with van der Waals surface area (Å²) in [4.78, 5) is 28.7. The molecule has 0 N–H and O–H groups in total. The zero-order chi connectivity index (χ0) is 24.3. The number of halogens is 1. The van der Waals surface area contributed by atoms with Crippen LogP contribution in [-0.2, 0) is 21.4 Å². The molecule has 2 heterocycles. The van der Waals surface area contributed by atoms with Gasteiger partial charge in [-0.3, -0.25) is 14.5 Å². The summed E-state index contributed by atoms with van der Waals surface area (Å²) in [6.45, 7) is 4.71. The number of sulfonamides is 1. The van der Waals surface area contributed by atoms with Crippen LogP contribution in [0.25, 0.3) is 0 Å². The monoisotopic (exact) mass is 487 g/mol. The van der Waals surface area contributed by atoms with Gasteiger partial charge in [0.1, 0.15) is 5.82 Å². The van der Waals surface area contributed by atoms with Crippen LogP contribution in [0.5, 0.6) is 0 Å². The van der Waals surface area contributed by atoms with Gasteiger partial charge in [-0.1, -0.05) is 24.3 Å². The first-order valence-corrected chi connectivity index (χ1v) is 13.0. The van der Waals surface area contributed by atoms with Gasteiger partial charge in [-0.2, -0.15) is 4.31 Å². The van der Waals surface area contributed by atoms with Crippen molar-refractivity contribution in [2.75, 3.05) is 39.3 Å². The SMILES string of the molecule is CC(=O)c1ccc(S(=O)(=O)N2CCN(C(=O)C3CCCN(Cc4cccc(F)c4)C3)CC2)cc1. The van der Waals surface area contributed by atoms with Gasteiger partial charge in [-0.15, -0.1) is 0 Å². The maximum Gasteiger partial charge on any atom is 0.243 e. The quantitative estimate of drug-likeness (QED) is 0.586.